The van der Waals surface area contributed by atoms with E-state index in [-0.39, 0.29) is 22.4 Å². The van der Waals surface area contributed by atoms with Crippen LogP contribution in [0.1, 0.15) is 17.3 Å². The van der Waals surface area contributed by atoms with Gasteiger partial charge >= 0.3 is 12.4 Å². The molecule has 0 aliphatic carbocycles. The molecule has 178 valence electrons. The van der Waals surface area contributed by atoms with Crippen LogP contribution in [0.5, 0.6) is 0 Å². The molecule has 1 aromatic heterocycles. The molecule has 0 radical (unpaired) electrons. The number of alkyl halides is 6. The SMILES string of the molecule is O=C1C(c2nc3ccccc3n2CC(F)(F)F)=CNC2C(c3ccccc3)C(C(F)(F)F)NN12. The summed E-state index contributed by atoms with van der Waals surface area (Å²) in [6, 6.07) is 11.9. The molecule has 3 unspecified atom stereocenters. The van der Waals surface area contributed by atoms with E-state index < -0.39 is 42.9 Å². The van der Waals surface area contributed by atoms with Crippen LogP contribution >= 0.6 is 0 Å². The Kier molecular flexibility index (Phi) is 5.08. The van der Waals surface area contributed by atoms with Crippen LogP contribution in [-0.2, 0) is 11.3 Å². The van der Waals surface area contributed by atoms with Gasteiger partial charge in [0.05, 0.1) is 22.5 Å². The third-order valence-electron chi connectivity index (χ3n) is 5.87. The summed E-state index contributed by atoms with van der Waals surface area (Å²) in [6.45, 7) is -1.41. The summed E-state index contributed by atoms with van der Waals surface area (Å²) in [4.78, 5) is 17.5. The maximum Gasteiger partial charge on any atom is 0.406 e. The molecule has 2 aromatic carbocycles. The summed E-state index contributed by atoms with van der Waals surface area (Å²) >= 11 is 0. The summed E-state index contributed by atoms with van der Waals surface area (Å²) in [5, 5.41) is 3.59. The highest BCUT2D eigenvalue weighted by molar-refractivity contribution is 6.19. The summed E-state index contributed by atoms with van der Waals surface area (Å²) < 4.78 is 82.4. The van der Waals surface area contributed by atoms with Gasteiger partial charge in [0.1, 0.15) is 24.6 Å². The third kappa shape index (κ3) is 3.77. The largest absolute Gasteiger partial charge is 0.406 e. The van der Waals surface area contributed by atoms with E-state index >= 15 is 0 Å². The van der Waals surface area contributed by atoms with Crippen molar-refractivity contribution in [2.45, 2.75) is 37.0 Å². The van der Waals surface area contributed by atoms with Gasteiger partial charge in [-0.3, -0.25) is 4.79 Å². The van der Waals surface area contributed by atoms with Crippen molar-refractivity contribution >= 4 is 22.5 Å². The van der Waals surface area contributed by atoms with Gasteiger partial charge in [0.15, 0.2) is 0 Å². The number of carbonyl (C=O) groups excluding carboxylic acids is 1. The normalized spacial score (nSPS) is 23.1. The molecular formula is C22H17F6N5O. The molecule has 0 saturated carbocycles. The topological polar surface area (TPSA) is 62.2 Å². The number of imidazole rings is 1. The number of aromatic nitrogens is 2. The first-order chi connectivity index (χ1) is 16.0. The molecule has 5 rings (SSSR count). The van der Waals surface area contributed by atoms with E-state index in [0.29, 0.717) is 5.56 Å². The number of rotatable bonds is 3. The first-order valence-corrected chi connectivity index (χ1v) is 10.2. The van der Waals surface area contributed by atoms with E-state index in [1.54, 1.807) is 24.3 Å². The lowest BCUT2D eigenvalue weighted by Crippen LogP contribution is -2.53. The van der Waals surface area contributed by atoms with E-state index in [2.05, 4.69) is 15.7 Å². The predicted molar refractivity (Wildman–Crippen MR) is 110 cm³/mol. The monoisotopic (exact) mass is 481 g/mol. The van der Waals surface area contributed by atoms with Crippen LogP contribution in [0.15, 0.2) is 60.8 Å². The van der Waals surface area contributed by atoms with Crippen molar-refractivity contribution < 1.29 is 31.1 Å². The van der Waals surface area contributed by atoms with Crippen molar-refractivity contribution in [1.29, 1.82) is 0 Å². The van der Waals surface area contributed by atoms with Crippen molar-refractivity contribution in [1.82, 2.24) is 25.3 Å². The van der Waals surface area contributed by atoms with Gasteiger partial charge in [-0.1, -0.05) is 42.5 Å². The van der Waals surface area contributed by atoms with Gasteiger partial charge in [0, 0.05) is 6.20 Å². The molecule has 0 spiro atoms. The standard InChI is InChI=1S/C22H17F6N5O/c23-21(24,25)11-32-15-9-5-4-8-14(15)30-18(32)13-10-29-19-16(12-6-2-1-3-7-12)17(22(26,27)28)31-33(19)20(13)34/h1-10,16-17,19,29,31H,11H2. The van der Waals surface area contributed by atoms with Crippen molar-refractivity contribution in [3.63, 3.8) is 0 Å². The summed E-state index contributed by atoms with van der Waals surface area (Å²) in [5.41, 5.74) is 2.68. The first-order valence-electron chi connectivity index (χ1n) is 10.2. The molecule has 1 fully saturated rings. The van der Waals surface area contributed by atoms with E-state index in [9.17, 15) is 31.1 Å². The molecule has 2 aliphatic rings. The molecular weight excluding hydrogens is 464 g/mol. The lowest BCUT2D eigenvalue weighted by molar-refractivity contribution is -0.161. The maximum absolute atomic E-state index is 13.9. The molecule has 2 N–H and O–H groups in total. The fraction of sp³-hybridized carbons (Fsp3) is 0.273. The molecule has 12 heteroatoms. The number of hydrogen-bond acceptors (Lipinski definition) is 4. The number of para-hydroxylation sites is 2. The average molecular weight is 481 g/mol. The lowest BCUT2D eigenvalue weighted by Gasteiger charge is -2.32. The van der Waals surface area contributed by atoms with Crippen molar-refractivity contribution in [2.24, 2.45) is 0 Å². The number of nitrogens with zero attached hydrogens (tertiary/aromatic N) is 3. The molecule has 1 saturated heterocycles. The Morgan fingerprint density at radius 2 is 1.62 bits per heavy atom. The first kappa shape index (κ1) is 22.3. The number of benzene rings is 2. The number of nitrogens with one attached hydrogen (secondary N) is 2. The quantitative estimate of drug-likeness (QED) is 0.557. The Balaban J connectivity index is 1.58. The minimum absolute atomic E-state index is 0.148. The Bertz CT molecular complexity index is 1270. The van der Waals surface area contributed by atoms with Gasteiger partial charge < -0.3 is 9.88 Å². The number of halogens is 6. The molecule has 34 heavy (non-hydrogen) atoms. The molecule has 3 heterocycles. The van der Waals surface area contributed by atoms with Gasteiger partial charge in [-0.25, -0.2) is 15.4 Å². The number of hydrazine groups is 1. The van der Waals surface area contributed by atoms with Gasteiger partial charge in [-0.2, -0.15) is 26.3 Å². The lowest BCUT2D eigenvalue weighted by atomic mass is 9.89. The summed E-state index contributed by atoms with van der Waals surface area (Å²) in [5.74, 6) is -2.38. The Morgan fingerprint density at radius 1 is 0.941 bits per heavy atom. The van der Waals surface area contributed by atoms with Crippen LogP contribution < -0.4 is 10.7 Å². The highest BCUT2D eigenvalue weighted by atomic mass is 19.4. The molecule has 2 aliphatic heterocycles. The Hall–Kier alpha value is -3.54. The van der Waals surface area contributed by atoms with E-state index in [4.69, 9.17) is 0 Å². The van der Waals surface area contributed by atoms with Gasteiger partial charge in [-0.15, -0.1) is 0 Å². The zero-order valence-corrected chi connectivity index (χ0v) is 17.2. The average Bonchev–Trinajstić information content (AvgIpc) is 3.33. The van der Waals surface area contributed by atoms with Crippen molar-refractivity contribution in [3.05, 3.63) is 72.2 Å². The summed E-state index contributed by atoms with van der Waals surface area (Å²) in [7, 11) is 0. The van der Waals surface area contributed by atoms with Gasteiger partial charge in [-0.05, 0) is 17.7 Å². The van der Waals surface area contributed by atoms with Crippen LogP contribution in [0, 0.1) is 0 Å². The predicted octanol–water partition coefficient (Wildman–Crippen LogP) is 3.93. The molecule has 1 amide bonds. The smallest absolute Gasteiger partial charge is 0.369 e. The van der Waals surface area contributed by atoms with Crippen LogP contribution in [0.4, 0.5) is 26.3 Å². The maximum atomic E-state index is 13.9. The van der Waals surface area contributed by atoms with Gasteiger partial charge in [0.2, 0.25) is 0 Å². The van der Waals surface area contributed by atoms with Crippen molar-refractivity contribution in [3.8, 4) is 0 Å². The minimum atomic E-state index is -4.69. The second-order valence-electron chi connectivity index (χ2n) is 8.05. The van der Waals surface area contributed by atoms with Crippen LogP contribution in [0.25, 0.3) is 16.6 Å². The molecule has 3 atom stereocenters. The highest BCUT2D eigenvalue weighted by Gasteiger charge is 2.57. The van der Waals surface area contributed by atoms with Crippen LogP contribution in [0.3, 0.4) is 0 Å². The fourth-order valence-corrected chi connectivity index (χ4v) is 4.48. The van der Waals surface area contributed by atoms with Crippen molar-refractivity contribution in [2.75, 3.05) is 0 Å². The Morgan fingerprint density at radius 3 is 2.29 bits per heavy atom. The van der Waals surface area contributed by atoms with Crippen LogP contribution in [0.2, 0.25) is 0 Å². The van der Waals surface area contributed by atoms with E-state index in [0.717, 1.165) is 15.8 Å². The highest BCUT2D eigenvalue weighted by Crippen LogP contribution is 2.41. The number of fused-ring (bicyclic) bond motifs is 2. The second kappa shape index (κ2) is 7.76. The summed E-state index contributed by atoms with van der Waals surface area (Å²) in [6.07, 6.45) is -9.26. The zero-order valence-electron chi connectivity index (χ0n) is 17.2. The molecule has 0 bridgehead atoms. The fourth-order valence-electron chi connectivity index (χ4n) is 4.48. The molecule has 3 aromatic rings. The van der Waals surface area contributed by atoms with Gasteiger partial charge in [0.25, 0.3) is 5.91 Å². The van der Waals surface area contributed by atoms with E-state index in [1.165, 1.54) is 30.3 Å². The third-order valence-corrected chi connectivity index (χ3v) is 5.87. The number of carbonyl (C=O) groups is 1. The van der Waals surface area contributed by atoms with E-state index in [1.807, 2.05) is 0 Å². The Labute approximate surface area is 188 Å². The zero-order chi connectivity index (χ0) is 24.3. The molecule has 6 nitrogen and oxygen atoms in total. The number of hydrogen-bond donors (Lipinski definition) is 2. The second-order valence-corrected chi connectivity index (χ2v) is 8.05. The number of amides is 1. The van der Waals surface area contributed by atoms with Crippen LogP contribution in [-0.4, -0.2) is 45.0 Å². The minimum Gasteiger partial charge on any atom is -0.369 e.